The van der Waals surface area contributed by atoms with Crippen LogP contribution in [0.1, 0.15) is 17.1 Å². The van der Waals surface area contributed by atoms with E-state index in [1.807, 2.05) is 41.7 Å². The Hall–Kier alpha value is 0.01000. The van der Waals surface area contributed by atoms with Crippen LogP contribution < -0.4 is 0 Å². The Bertz CT molecular complexity index is 443. The average Bonchev–Trinajstić information content (AvgIpc) is 2.68. The van der Waals surface area contributed by atoms with Crippen molar-refractivity contribution in [2.24, 2.45) is 4.99 Å². The van der Waals surface area contributed by atoms with Gasteiger partial charge in [-0.2, -0.15) is 4.99 Å². The number of nitrogens with zero attached hydrogens (tertiary/aromatic N) is 1. The molecular formula is C11H10ClNS3. The summed E-state index contributed by atoms with van der Waals surface area (Å²) in [7, 11) is 0. The van der Waals surface area contributed by atoms with Crippen LogP contribution in [-0.4, -0.2) is 16.2 Å². The van der Waals surface area contributed by atoms with Crippen LogP contribution in [0.25, 0.3) is 0 Å². The summed E-state index contributed by atoms with van der Waals surface area (Å²) in [6, 6.07) is 5.75. The van der Waals surface area contributed by atoms with Gasteiger partial charge in [-0.15, -0.1) is 23.5 Å². The maximum absolute atomic E-state index is 6.21. The molecule has 1 aromatic carbocycles. The second-order valence-corrected chi connectivity index (χ2v) is 7.10. The van der Waals surface area contributed by atoms with Gasteiger partial charge >= 0.3 is 0 Å². The van der Waals surface area contributed by atoms with Gasteiger partial charge in [-0.05, 0) is 36.0 Å². The lowest BCUT2D eigenvalue weighted by atomic mass is 10.2. The fourth-order valence-electron chi connectivity index (χ4n) is 1.51. The first-order valence-electron chi connectivity index (χ1n) is 4.85. The van der Waals surface area contributed by atoms with Gasteiger partial charge in [0.15, 0.2) is 0 Å². The van der Waals surface area contributed by atoms with E-state index in [-0.39, 0.29) is 0 Å². The van der Waals surface area contributed by atoms with Crippen molar-refractivity contribution in [3.63, 3.8) is 0 Å². The summed E-state index contributed by atoms with van der Waals surface area (Å²) in [6.45, 7) is 2.24. The third kappa shape index (κ3) is 2.82. The van der Waals surface area contributed by atoms with E-state index in [0.29, 0.717) is 9.83 Å². The molecule has 2 unspecified atom stereocenters. The highest BCUT2D eigenvalue weighted by molar-refractivity contribution is 8.19. The van der Waals surface area contributed by atoms with Gasteiger partial charge in [-0.25, -0.2) is 0 Å². The van der Waals surface area contributed by atoms with Crippen molar-refractivity contribution in [2.75, 3.05) is 5.75 Å². The van der Waals surface area contributed by atoms with Gasteiger partial charge in [0, 0.05) is 16.0 Å². The van der Waals surface area contributed by atoms with Crippen molar-refractivity contribution < 1.29 is 0 Å². The summed E-state index contributed by atoms with van der Waals surface area (Å²) >= 11 is 14.7. The van der Waals surface area contributed by atoms with Crippen molar-refractivity contribution in [2.45, 2.75) is 16.8 Å². The van der Waals surface area contributed by atoms with E-state index in [1.165, 1.54) is 5.75 Å². The number of thiocarbonyl (C=S) groups is 1. The van der Waals surface area contributed by atoms with Crippen LogP contribution in [-0.2, 0) is 0 Å². The van der Waals surface area contributed by atoms with Crippen LogP contribution >= 0.6 is 47.3 Å². The van der Waals surface area contributed by atoms with E-state index >= 15 is 0 Å². The zero-order chi connectivity index (χ0) is 11.5. The fourth-order valence-corrected chi connectivity index (χ4v) is 5.22. The maximum atomic E-state index is 6.21. The van der Waals surface area contributed by atoms with Gasteiger partial charge in [0.1, 0.15) is 0 Å². The largest absolute Gasteiger partial charge is 0.195 e. The molecule has 1 aliphatic heterocycles. The summed E-state index contributed by atoms with van der Waals surface area (Å²) in [5.74, 6) is 1.17. The number of thioether (sulfide) groups is 2. The lowest BCUT2D eigenvalue weighted by Gasteiger charge is -2.11. The van der Waals surface area contributed by atoms with Crippen molar-refractivity contribution in [3.8, 4) is 0 Å². The van der Waals surface area contributed by atoms with Crippen LogP contribution in [0.4, 0.5) is 5.69 Å². The quantitative estimate of drug-likeness (QED) is 0.564. The average molecular weight is 288 g/mol. The van der Waals surface area contributed by atoms with Crippen LogP contribution in [0, 0.1) is 0 Å². The van der Waals surface area contributed by atoms with Crippen LogP contribution in [0.3, 0.4) is 0 Å². The summed E-state index contributed by atoms with van der Waals surface area (Å²) in [5, 5.41) is 3.87. The Kier molecular flexibility index (Phi) is 4.34. The summed E-state index contributed by atoms with van der Waals surface area (Å²) in [6.07, 6.45) is 0. The zero-order valence-electron chi connectivity index (χ0n) is 8.64. The molecule has 0 aliphatic carbocycles. The number of isothiocyanates is 1. The highest BCUT2D eigenvalue weighted by Gasteiger charge is 2.25. The van der Waals surface area contributed by atoms with Gasteiger partial charge in [-0.1, -0.05) is 18.5 Å². The molecule has 5 heteroatoms. The minimum Gasteiger partial charge on any atom is -0.195 e. The Morgan fingerprint density at radius 1 is 1.56 bits per heavy atom. The van der Waals surface area contributed by atoms with E-state index in [4.69, 9.17) is 11.6 Å². The molecule has 0 N–H and O–H groups in total. The lowest BCUT2D eigenvalue weighted by Crippen LogP contribution is -1.90. The van der Waals surface area contributed by atoms with Crippen LogP contribution in [0.5, 0.6) is 0 Å². The molecule has 1 aliphatic rings. The highest BCUT2D eigenvalue weighted by atomic mass is 35.5. The molecule has 1 nitrogen and oxygen atoms in total. The third-order valence-corrected chi connectivity index (χ3v) is 6.02. The first kappa shape index (κ1) is 12.5. The molecule has 0 saturated carbocycles. The number of hydrogen-bond acceptors (Lipinski definition) is 4. The van der Waals surface area contributed by atoms with Crippen molar-refractivity contribution in [3.05, 3.63) is 28.8 Å². The third-order valence-electron chi connectivity index (χ3n) is 2.25. The Morgan fingerprint density at radius 3 is 3.00 bits per heavy atom. The molecule has 1 saturated heterocycles. The topological polar surface area (TPSA) is 12.4 Å². The van der Waals surface area contributed by atoms with Gasteiger partial charge in [0.2, 0.25) is 0 Å². The van der Waals surface area contributed by atoms with Gasteiger partial charge in [-0.3, -0.25) is 0 Å². The molecule has 0 amide bonds. The SMILES string of the molecule is CC1CSC(c2cc(N=C=S)ccc2Cl)S1. The number of benzene rings is 1. The van der Waals surface area contributed by atoms with E-state index in [0.717, 1.165) is 16.3 Å². The molecule has 0 aromatic heterocycles. The number of halogens is 1. The van der Waals surface area contributed by atoms with E-state index in [1.54, 1.807) is 0 Å². The summed E-state index contributed by atoms with van der Waals surface area (Å²) in [5.41, 5.74) is 1.97. The van der Waals surface area contributed by atoms with Crippen LogP contribution in [0.2, 0.25) is 5.02 Å². The summed E-state index contributed by atoms with van der Waals surface area (Å²) < 4.78 is 0.419. The standard InChI is InChI=1S/C11H10ClNS3/c1-7-5-15-11(16-7)9-4-8(13-6-14)2-3-10(9)12/h2-4,7,11H,5H2,1H3. The second-order valence-electron chi connectivity index (χ2n) is 3.52. The minimum absolute atomic E-state index is 0.419. The first-order valence-corrected chi connectivity index (χ1v) is 7.63. The lowest BCUT2D eigenvalue weighted by molar-refractivity contribution is 1.15. The second kappa shape index (κ2) is 5.56. The molecule has 1 heterocycles. The normalized spacial score (nSPS) is 24.1. The van der Waals surface area contributed by atoms with Crippen molar-refractivity contribution >= 4 is 58.2 Å². The Labute approximate surface area is 114 Å². The molecule has 84 valence electrons. The van der Waals surface area contributed by atoms with E-state index in [2.05, 4.69) is 29.3 Å². The molecule has 1 aromatic rings. The Balaban J connectivity index is 2.31. The molecule has 0 radical (unpaired) electrons. The first-order chi connectivity index (χ1) is 7.70. The monoisotopic (exact) mass is 287 g/mol. The molecular weight excluding hydrogens is 278 g/mol. The van der Waals surface area contributed by atoms with Crippen molar-refractivity contribution in [1.29, 1.82) is 0 Å². The fraction of sp³-hybridized carbons (Fsp3) is 0.364. The molecule has 1 fully saturated rings. The summed E-state index contributed by atoms with van der Waals surface area (Å²) in [4.78, 5) is 3.99. The van der Waals surface area contributed by atoms with Gasteiger partial charge < -0.3 is 0 Å². The van der Waals surface area contributed by atoms with Crippen LogP contribution in [0.15, 0.2) is 23.2 Å². The maximum Gasteiger partial charge on any atom is 0.0769 e. The zero-order valence-corrected chi connectivity index (χ0v) is 11.8. The Morgan fingerprint density at radius 2 is 2.38 bits per heavy atom. The molecule has 16 heavy (non-hydrogen) atoms. The number of rotatable bonds is 2. The van der Waals surface area contributed by atoms with Gasteiger partial charge in [0.25, 0.3) is 0 Å². The molecule has 0 spiro atoms. The number of aliphatic imine (C=N–C) groups is 1. The van der Waals surface area contributed by atoms with Crippen molar-refractivity contribution in [1.82, 2.24) is 0 Å². The smallest absolute Gasteiger partial charge is 0.0769 e. The minimum atomic E-state index is 0.419. The van der Waals surface area contributed by atoms with E-state index in [9.17, 15) is 0 Å². The molecule has 0 bridgehead atoms. The predicted molar refractivity (Wildman–Crippen MR) is 78.4 cm³/mol. The predicted octanol–water partition coefficient (Wildman–Crippen LogP) is 4.94. The number of hydrogen-bond donors (Lipinski definition) is 0. The molecule has 2 atom stereocenters. The van der Waals surface area contributed by atoms with Gasteiger partial charge in [0.05, 0.1) is 15.4 Å². The molecule has 2 rings (SSSR count). The highest BCUT2D eigenvalue weighted by Crippen LogP contribution is 2.51. The van der Waals surface area contributed by atoms with E-state index < -0.39 is 0 Å².